The highest BCUT2D eigenvalue weighted by Crippen LogP contribution is 2.14. The minimum atomic E-state index is 0.692. The second-order valence-electron chi connectivity index (χ2n) is 3.82. The van der Waals surface area contributed by atoms with E-state index < -0.39 is 0 Å². The largest absolute Gasteiger partial charge is 0.366 e. The summed E-state index contributed by atoms with van der Waals surface area (Å²) in [6.45, 7) is 6.52. The Bertz CT molecular complexity index is 471. The lowest BCUT2D eigenvalue weighted by Crippen LogP contribution is -2.03. The number of hydrogen-bond donors (Lipinski definition) is 1. The van der Waals surface area contributed by atoms with Gasteiger partial charge in [0.25, 0.3) is 0 Å². The van der Waals surface area contributed by atoms with Gasteiger partial charge in [0.1, 0.15) is 11.6 Å². The Balaban J connectivity index is 2.08. The summed E-state index contributed by atoms with van der Waals surface area (Å²) in [6, 6.07) is 5.91. The minimum absolute atomic E-state index is 0.692. The van der Waals surface area contributed by atoms with E-state index in [0.29, 0.717) is 6.54 Å². The van der Waals surface area contributed by atoms with Gasteiger partial charge >= 0.3 is 0 Å². The van der Waals surface area contributed by atoms with Gasteiger partial charge in [-0.25, -0.2) is 4.98 Å². The molecule has 84 valence electrons. The third-order valence-electron chi connectivity index (χ3n) is 2.52. The number of nitrogens with zero attached hydrogens (tertiary/aromatic N) is 2. The number of aryl methyl sites for hydroxylation is 3. The highest BCUT2D eigenvalue weighted by atomic mass is 16.5. The summed E-state index contributed by atoms with van der Waals surface area (Å²) in [4.78, 5) is 4.37. The van der Waals surface area contributed by atoms with Crippen LogP contribution in [0.2, 0.25) is 0 Å². The highest BCUT2D eigenvalue weighted by molar-refractivity contribution is 5.37. The molecule has 4 heteroatoms. The zero-order valence-corrected chi connectivity index (χ0v) is 9.74. The Hall–Kier alpha value is -1.84. The number of aromatic nitrogens is 2. The molecule has 0 unspecified atom stereocenters. The molecule has 0 aromatic carbocycles. The van der Waals surface area contributed by atoms with Crippen molar-refractivity contribution >= 4 is 5.82 Å². The van der Waals surface area contributed by atoms with Crippen LogP contribution in [-0.4, -0.2) is 10.1 Å². The molecule has 0 aliphatic rings. The van der Waals surface area contributed by atoms with Gasteiger partial charge in [0, 0.05) is 17.8 Å². The lowest BCUT2D eigenvalue weighted by molar-refractivity contribution is 0.392. The van der Waals surface area contributed by atoms with Crippen molar-refractivity contribution in [3.8, 4) is 0 Å². The summed E-state index contributed by atoms with van der Waals surface area (Å²) in [5, 5.41) is 7.17. The van der Waals surface area contributed by atoms with Gasteiger partial charge < -0.3 is 9.84 Å². The summed E-state index contributed by atoms with van der Waals surface area (Å²) in [5.74, 6) is 1.73. The molecule has 0 fully saturated rings. The predicted molar refractivity (Wildman–Crippen MR) is 62.3 cm³/mol. The summed E-state index contributed by atoms with van der Waals surface area (Å²) < 4.78 is 5.10. The van der Waals surface area contributed by atoms with Crippen molar-refractivity contribution in [2.24, 2.45) is 0 Å². The van der Waals surface area contributed by atoms with Crippen molar-refractivity contribution in [1.29, 1.82) is 0 Å². The molecular formula is C12H15N3O. The van der Waals surface area contributed by atoms with Gasteiger partial charge in [0.15, 0.2) is 0 Å². The number of anilines is 1. The normalized spacial score (nSPS) is 10.4. The second-order valence-corrected chi connectivity index (χ2v) is 3.82. The molecule has 1 N–H and O–H groups in total. The first-order chi connectivity index (χ1) is 7.66. The van der Waals surface area contributed by atoms with Crippen LogP contribution >= 0.6 is 0 Å². The molecule has 2 rings (SSSR count). The Morgan fingerprint density at radius 2 is 2.06 bits per heavy atom. The van der Waals surface area contributed by atoms with Crippen molar-refractivity contribution in [3.05, 3.63) is 40.9 Å². The van der Waals surface area contributed by atoms with E-state index in [2.05, 4.69) is 15.5 Å². The van der Waals surface area contributed by atoms with E-state index in [9.17, 15) is 0 Å². The minimum Gasteiger partial charge on any atom is -0.366 e. The van der Waals surface area contributed by atoms with Crippen molar-refractivity contribution < 1.29 is 4.52 Å². The van der Waals surface area contributed by atoms with Crippen molar-refractivity contribution in [1.82, 2.24) is 10.1 Å². The first-order valence-corrected chi connectivity index (χ1v) is 5.26. The van der Waals surface area contributed by atoms with Crippen LogP contribution in [-0.2, 0) is 6.54 Å². The molecule has 2 aromatic heterocycles. The SMILES string of the molecule is Cc1cccc(NCc2c(C)noc2C)n1. The Morgan fingerprint density at radius 1 is 1.25 bits per heavy atom. The maximum Gasteiger partial charge on any atom is 0.138 e. The number of pyridine rings is 1. The van der Waals surface area contributed by atoms with Crippen LogP contribution in [0, 0.1) is 20.8 Å². The maximum absolute atomic E-state index is 5.10. The van der Waals surface area contributed by atoms with Crippen LogP contribution in [0.5, 0.6) is 0 Å². The second kappa shape index (κ2) is 4.35. The summed E-state index contributed by atoms with van der Waals surface area (Å²) >= 11 is 0. The third-order valence-corrected chi connectivity index (χ3v) is 2.52. The maximum atomic E-state index is 5.10. The van der Waals surface area contributed by atoms with E-state index in [1.165, 1.54) is 0 Å². The average molecular weight is 217 g/mol. The van der Waals surface area contributed by atoms with Crippen molar-refractivity contribution in [3.63, 3.8) is 0 Å². The van der Waals surface area contributed by atoms with E-state index in [4.69, 9.17) is 4.52 Å². The highest BCUT2D eigenvalue weighted by Gasteiger charge is 2.08. The van der Waals surface area contributed by atoms with Crippen molar-refractivity contribution in [2.45, 2.75) is 27.3 Å². The van der Waals surface area contributed by atoms with Crippen LogP contribution in [0.15, 0.2) is 22.7 Å². The van der Waals surface area contributed by atoms with E-state index in [0.717, 1.165) is 28.5 Å². The Kier molecular flexibility index (Phi) is 2.90. The van der Waals surface area contributed by atoms with Gasteiger partial charge in [-0.2, -0.15) is 0 Å². The molecule has 2 heterocycles. The quantitative estimate of drug-likeness (QED) is 0.858. The van der Waals surface area contributed by atoms with Crippen LogP contribution in [0.4, 0.5) is 5.82 Å². The monoisotopic (exact) mass is 217 g/mol. The summed E-state index contributed by atoms with van der Waals surface area (Å²) in [5.41, 5.74) is 3.03. The standard InChI is InChI=1S/C12H15N3O/c1-8-5-4-6-12(14-8)13-7-11-9(2)15-16-10(11)3/h4-6H,7H2,1-3H3,(H,13,14). The summed E-state index contributed by atoms with van der Waals surface area (Å²) in [6.07, 6.45) is 0. The molecule has 0 atom stereocenters. The fourth-order valence-corrected chi connectivity index (χ4v) is 1.57. The molecule has 2 aromatic rings. The van der Waals surface area contributed by atoms with Gasteiger partial charge in [0.2, 0.25) is 0 Å². The summed E-state index contributed by atoms with van der Waals surface area (Å²) in [7, 11) is 0. The number of hydrogen-bond acceptors (Lipinski definition) is 4. The molecule has 0 aliphatic heterocycles. The van der Waals surface area contributed by atoms with Crippen molar-refractivity contribution in [2.75, 3.05) is 5.32 Å². The molecule has 0 spiro atoms. The first-order valence-electron chi connectivity index (χ1n) is 5.26. The number of nitrogens with one attached hydrogen (secondary N) is 1. The molecule has 0 amide bonds. The van der Waals surface area contributed by atoms with Gasteiger partial charge in [-0.1, -0.05) is 11.2 Å². The van der Waals surface area contributed by atoms with Gasteiger partial charge in [0.05, 0.1) is 5.69 Å². The van der Waals surface area contributed by atoms with Crippen LogP contribution < -0.4 is 5.32 Å². The lowest BCUT2D eigenvalue weighted by Gasteiger charge is -2.05. The zero-order valence-electron chi connectivity index (χ0n) is 9.74. The van der Waals surface area contributed by atoms with E-state index in [-0.39, 0.29) is 0 Å². The van der Waals surface area contributed by atoms with Crippen LogP contribution in [0.1, 0.15) is 22.7 Å². The predicted octanol–water partition coefficient (Wildman–Crippen LogP) is 2.61. The van der Waals surface area contributed by atoms with E-state index in [1.807, 2.05) is 39.0 Å². The smallest absolute Gasteiger partial charge is 0.138 e. The van der Waals surface area contributed by atoms with E-state index in [1.54, 1.807) is 0 Å². The average Bonchev–Trinajstić information content (AvgIpc) is 2.56. The molecular weight excluding hydrogens is 202 g/mol. The fraction of sp³-hybridized carbons (Fsp3) is 0.333. The lowest BCUT2D eigenvalue weighted by atomic mass is 10.2. The Morgan fingerprint density at radius 3 is 2.69 bits per heavy atom. The van der Waals surface area contributed by atoms with E-state index >= 15 is 0 Å². The van der Waals surface area contributed by atoms with Crippen LogP contribution in [0.3, 0.4) is 0 Å². The van der Waals surface area contributed by atoms with Crippen LogP contribution in [0.25, 0.3) is 0 Å². The molecule has 0 saturated heterocycles. The zero-order chi connectivity index (χ0) is 11.5. The van der Waals surface area contributed by atoms with Gasteiger partial charge in [-0.15, -0.1) is 0 Å². The fourth-order valence-electron chi connectivity index (χ4n) is 1.57. The Labute approximate surface area is 94.7 Å². The molecule has 16 heavy (non-hydrogen) atoms. The molecule has 0 radical (unpaired) electrons. The molecule has 0 aliphatic carbocycles. The van der Waals surface area contributed by atoms with Gasteiger partial charge in [-0.05, 0) is 32.9 Å². The first kappa shape index (κ1) is 10.7. The molecule has 4 nitrogen and oxygen atoms in total. The van der Waals surface area contributed by atoms with Gasteiger partial charge in [-0.3, -0.25) is 0 Å². The molecule has 0 bridgehead atoms. The number of rotatable bonds is 3. The molecule has 0 saturated carbocycles. The third kappa shape index (κ3) is 2.21. The topological polar surface area (TPSA) is 51.0 Å².